The highest BCUT2D eigenvalue weighted by Gasteiger charge is 2.32. The molecule has 0 fully saturated rings. The Morgan fingerprint density at radius 3 is 2.59 bits per heavy atom. The van der Waals surface area contributed by atoms with E-state index in [-0.39, 0.29) is 0 Å². The maximum absolute atomic E-state index is 11.5. The number of allylic oxidation sites excluding steroid dienone is 2. The summed E-state index contributed by atoms with van der Waals surface area (Å²) in [6, 6.07) is 14.9. The van der Waals surface area contributed by atoms with E-state index in [1.807, 2.05) is 30.8 Å². The Hall–Kier alpha value is -2.56. The van der Waals surface area contributed by atoms with Crippen LogP contribution in [-0.4, -0.2) is 14.7 Å². The van der Waals surface area contributed by atoms with Crippen molar-refractivity contribution in [3.05, 3.63) is 94.0 Å². The molecule has 5 rings (SSSR count). The lowest BCUT2D eigenvalue weighted by Crippen LogP contribution is -2.26. The van der Waals surface area contributed by atoms with Crippen molar-refractivity contribution in [2.75, 3.05) is 0 Å². The minimum absolute atomic E-state index is 0.513. The van der Waals surface area contributed by atoms with Crippen molar-refractivity contribution in [2.24, 2.45) is 7.05 Å². The molecule has 0 saturated heterocycles. The molecule has 1 aliphatic heterocycles. The van der Waals surface area contributed by atoms with Gasteiger partial charge in [0.1, 0.15) is 5.60 Å². The molecule has 1 aromatic heterocycles. The molecule has 2 heterocycles. The first-order valence-electron chi connectivity index (χ1n) is 9.15. The average molecular weight is 375 g/mol. The molecule has 27 heavy (non-hydrogen) atoms. The summed E-state index contributed by atoms with van der Waals surface area (Å²) >= 11 is 0. The monoisotopic (exact) mass is 374 g/mol. The molecular formula is C23H22N2OS. The number of aromatic nitrogens is 2. The third kappa shape index (κ3) is 2.52. The summed E-state index contributed by atoms with van der Waals surface area (Å²) in [6.07, 6.45) is 6.87. The fraction of sp³-hybridized carbons (Fsp3) is 0.174. The van der Waals surface area contributed by atoms with Crippen LogP contribution in [0.5, 0.6) is 0 Å². The molecule has 2 aromatic carbocycles. The Morgan fingerprint density at radius 1 is 1.04 bits per heavy atom. The zero-order valence-corrected chi connectivity index (χ0v) is 16.3. The van der Waals surface area contributed by atoms with Gasteiger partial charge in [0, 0.05) is 7.05 Å². The van der Waals surface area contributed by atoms with E-state index in [2.05, 4.69) is 64.4 Å². The quantitative estimate of drug-likeness (QED) is 0.512. The number of benzene rings is 2. The highest BCUT2D eigenvalue weighted by atomic mass is 32.2. The lowest BCUT2D eigenvalue weighted by molar-refractivity contribution is 0.0934. The molecular weight excluding hydrogens is 352 g/mol. The van der Waals surface area contributed by atoms with Crippen molar-refractivity contribution in [1.82, 2.24) is 9.55 Å². The Bertz CT molecular complexity index is 1100. The first kappa shape index (κ1) is 16.6. The molecule has 4 heteroatoms. The Balaban J connectivity index is 1.54. The van der Waals surface area contributed by atoms with Gasteiger partial charge in [-0.05, 0) is 52.0 Å². The Morgan fingerprint density at radius 2 is 1.78 bits per heavy atom. The molecule has 0 saturated carbocycles. The Labute approximate surface area is 162 Å². The number of thiol groups is 1. The summed E-state index contributed by atoms with van der Waals surface area (Å²) in [5, 5.41) is 16.8. The molecule has 2 aliphatic rings. The molecule has 0 spiro atoms. The molecule has 3 nitrogen and oxygen atoms in total. The largest absolute Gasteiger partial charge is 0.379 e. The number of nitrogens with zero attached hydrogens (tertiary/aromatic N) is 2. The predicted molar refractivity (Wildman–Crippen MR) is 112 cm³/mol. The van der Waals surface area contributed by atoms with Crippen LogP contribution in [0.2, 0.25) is 0 Å². The molecule has 1 unspecified atom stereocenters. The first-order chi connectivity index (χ1) is 13.1. The fourth-order valence-electron chi connectivity index (χ4n) is 4.16. The summed E-state index contributed by atoms with van der Waals surface area (Å²) in [7, 11) is 1.49. The highest BCUT2D eigenvalue weighted by molar-refractivity contribution is 8.22. The van der Waals surface area contributed by atoms with E-state index in [1.165, 1.54) is 22.3 Å². The van der Waals surface area contributed by atoms with Gasteiger partial charge in [0.05, 0.1) is 11.9 Å². The van der Waals surface area contributed by atoms with Gasteiger partial charge >= 0.3 is 0 Å². The number of imidazole rings is 1. The molecule has 3 aromatic rings. The molecule has 0 bridgehead atoms. The normalized spacial score (nSPS) is 17.8. The van der Waals surface area contributed by atoms with Gasteiger partial charge in [-0.25, -0.2) is 4.98 Å². The summed E-state index contributed by atoms with van der Waals surface area (Å²) in [5.74, 6) is 0. The zero-order valence-electron chi connectivity index (χ0n) is 15.4. The number of aliphatic hydroxyl groups is 1. The molecule has 1 atom stereocenters. The lowest BCUT2D eigenvalue weighted by Gasteiger charge is -2.26. The van der Waals surface area contributed by atoms with Gasteiger partial charge in [-0.1, -0.05) is 54.6 Å². The minimum atomic E-state index is -1.09. The second-order valence-electron chi connectivity index (χ2n) is 7.37. The van der Waals surface area contributed by atoms with E-state index in [4.69, 9.17) is 0 Å². The van der Waals surface area contributed by atoms with Crippen LogP contribution in [0.15, 0.2) is 76.8 Å². The van der Waals surface area contributed by atoms with Gasteiger partial charge in [0.2, 0.25) is 0 Å². The van der Waals surface area contributed by atoms with Crippen LogP contribution in [0.4, 0.5) is 0 Å². The van der Waals surface area contributed by atoms with Gasteiger partial charge < -0.3 is 9.67 Å². The smallest absolute Gasteiger partial charge is 0.154 e. The van der Waals surface area contributed by atoms with Gasteiger partial charge in [-0.15, -0.1) is 0 Å². The van der Waals surface area contributed by atoms with Crippen molar-refractivity contribution in [1.29, 1.82) is 0 Å². The first-order valence-corrected chi connectivity index (χ1v) is 10.6. The predicted octanol–water partition coefficient (Wildman–Crippen LogP) is 4.65. The van der Waals surface area contributed by atoms with Crippen molar-refractivity contribution in [3.8, 4) is 11.1 Å². The van der Waals surface area contributed by atoms with E-state index < -0.39 is 16.5 Å². The number of rotatable bonds is 3. The van der Waals surface area contributed by atoms with Crippen molar-refractivity contribution in [3.63, 3.8) is 0 Å². The van der Waals surface area contributed by atoms with Crippen LogP contribution in [-0.2, 0) is 19.1 Å². The molecule has 136 valence electrons. The third-order valence-electron chi connectivity index (χ3n) is 5.65. The zero-order chi connectivity index (χ0) is 18.6. The van der Waals surface area contributed by atoms with Crippen LogP contribution in [0.1, 0.15) is 29.3 Å². The highest BCUT2D eigenvalue weighted by Crippen LogP contribution is 2.43. The number of hydrogen-bond donors (Lipinski definition) is 2. The van der Waals surface area contributed by atoms with E-state index in [9.17, 15) is 5.11 Å². The fourth-order valence-corrected chi connectivity index (χ4v) is 5.74. The van der Waals surface area contributed by atoms with E-state index in [0.717, 1.165) is 22.8 Å². The molecule has 1 aliphatic carbocycles. The second kappa shape index (κ2) is 5.98. The second-order valence-corrected chi connectivity index (χ2v) is 9.18. The SMILES string of the molecule is Cn1c(C(C)(O)c2ccc3c(c2)Cc2ccccc2-3)cnc1[SH]1C=CC=C1. The van der Waals surface area contributed by atoms with Crippen LogP contribution in [0.25, 0.3) is 11.1 Å². The van der Waals surface area contributed by atoms with Gasteiger partial charge in [0.25, 0.3) is 0 Å². The van der Waals surface area contributed by atoms with E-state index in [0.29, 0.717) is 0 Å². The third-order valence-corrected chi connectivity index (χ3v) is 7.52. The van der Waals surface area contributed by atoms with Gasteiger partial charge in [0.15, 0.2) is 5.16 Å². The van der Waals surface area contributed by atoms with Crippen molar-refractivity contribution < 1.29 is 5.11 Å². The summed E-state index contributed by atoms with van der Waals surface area (Å²) in [6.45, 7) is 1.87. The van der Waals surface area contributed by atoms with E-state index in [1.54, 1.807) is 0 Å². The van der Waals surface area contributed by atoms with Crippen LogP contribution < -0.4 is 0 Å². The average Bonchev–Trinajstić information content (AvgIpc) is 3.38. The number of fused-ring (bicyclic) bond motifs is 3. The van der Waals surface area contributed by atoms with Crippen LogP contribution >= 0.6 is 10.9 Å². The molecule has 1 N–H and O–H groups in total. The molecule has 0 amide bonds. The summed E-state index contributed by atoms with van der Waals surface area (Å²) < 4.78 is 2.05. The van der Waals surface area contributed by atoms with Crippen LogP contribution in [0.3, 0.4) is 0 Å². The molecule has 0 radical (unpaired) electrons. The lowest BCUT2D eigenvalue weighted by atomic mass is 9.90. The Kier molecular flexibility index (Phi) is 3.67. The number of hydrogen-bond acceptors (Lipinski definition) is 2. The van der Waals surface area contributed by atoms with Gasteiger partial charge in [-0.3, -0.25) is 0 Å². The van der Waals surface area contributed by atoms with Crippen molar-refractivity contribution in [2.45, 2.75) is 24.1 Å². The van der Waals surface area contributed by atoms with Gasteiger partial charge in [-0.2, -0.15) is 10.9 Å². The summed E-state index contributed by atoms with van der Waals surface area (Å²) in [5.41, 5.74) is 5.87. The minimum Gasteiger partial charge on any atom is -0.379 e. The maximum Gasteiger partial charge on any atom is 0.154 e. The summed E-state index contributed by atoms with van der Waals surface area (Å²) in [4.78, 5) is 4.62. The maximum atomic E-state index is 11.5. The standard InChI is InChI=1S/C23H22N2OS/c1-23(26,21-15-24-22(25(21)2)27-11-5-6-12-27)18-9-10-20-17(14-18)13-16-7-3-4-8-19(16)20/h3-12,14-15,26-27H,13H2,1-2H3. The van der Waals surface area contributed by atoms with Crippen molar-refractivity contribution >= 4 is 10.9 Å². The van der Waals surface area contributed by atoms with E-state index >= 15 is 0 Å². The van der Waals surface area contributed by atoms with Crippen LogP contribution in [0, 0.1) is 0 Å². The topological polar surface area (TPSA) is 38.0 Å².